The zero-order valence-electron chi connectivity index (χ0n) is 8.08. The molecule has 0 aliphatic rings. The van der Waals surface area contributed by atoms with Crippen molar-refractivity contribution in [3.63, 3.8) is 0 Å². The van der Waals surface area contributed by atoms with Gasteiger partial charge >= 0.3 is 0 Å². The monoisotopic (exact) mass is 177 g/mol. The van der Waals surface area contributed by atoms with Crippen LogP contribution in [0.1, 0.15) is 6.92 Å². The summed E-state index contributed by atoms with van der Waals surface area (Å²) >= 11 is 0. The van der Waals surface area contributed by atoms with E-state index < -0.39 is 5.54 Å². The third-order valence-corrected chi connectivity index (χ3v) is 2.11. The highest BCUT2D eigenvalue weighted by molar-refractivity contribution is 4.86. The molecule has 0 bridgehead atoms. The van der Waals surface area contributed by atoms with Crippen LogP contribution in [0.2, 0.25) is 0 Å². The molecule has 12 heavy (non-hydrogen) atoms. The van der Waals surface area contributed by atoms with Gasteiger partial charge in [0.15, 0.2) is 0 Å². The number of nitrogens with zero attached hydrogens (tertiary/aromatic N) is 1. The van der Waals surface area contributed by atoms with E-state index in [2.05, 4.69) is 0 Å². The van der Waals surface area contributed by atoms with Crippen molar-refractivity contribution in [3.8, 4) is 0 Å². The predicted octanol–water partition coefficient (Wildman–Crippen LogP) is -0.692. The summed E-state index contributed by atoms with van der Waals surface area (Å²) in [4.78, 5) is 1.78. The van der Waals surface area contributed by atoms with Crippen LogP contribution in [0.3, 0.4) is 0 Å². The molecule has 2 N–H and O–H groups in total. The Morgan fingerprint density at radius 3 is 2.00 bits per heavy atom. The molecule has 0 aromatic heterocycles. The van der Waals surface area contributed by atoms with E-state index in [4.69, 9.17) is 14.9 Å². The molecule has 0 aromatic carbocycles. The van der Waals surface area contributed by atoms with Crippen molar-refractivity contribution < 1.29 is 14.9 Å². The highest BCUT2D eigenvalue weighted by atomic mass is 16.5. The van der Waals surface area contributed by atoms with Gasteiger partial charge in [-0.1, -0.05) is 0 Å². The van der Waals surface area contributed by atoms with E-state index in [0.717, 1.165) is 0 Å². The summed E-state index contributed by atoms with van der Waals surface area (Å²) in [7, 11) is 3.62. The Kier molecular flexibility index (Phi) is 5.41. The lowest BCUT2D eigenvalue weighted by molar-refractivity contribution is -0.0455. The zero-order valence-corrected chi connectivity index (χ0v) is 8.08. The maximum Gasteiger partial charge on any atom is 0.0904 e. The van der Waals surface area contributed by atoms with Crippen molar-refractivity contribution in [3.05, 3.63) is 0 Å². The average Bonchev–Trinajstić information content (AvgIpc) is 2.07. The van der Waals surface area contributed by atoms with Crippen LogP contribution in [0.4, 0.5) is 0 Å². The quantitative estimate of drug-likeness (QED) is 0.564. The molecule has 0 aliphatic carbocycles. The van der Waals surface area contributed by atoms with Crippen molar-refractivity contribution in [2.45, 2.75) is 12.5 Å². The normalized spacial score (nSPS) is 12.5. The van der Waals surface area contributed by atoms with Gasteiger partial charge in [0.05, 0.1) is 25.4 Å². The fourth-order valence-electron chi connectivity index (χ4n) is 0.845. The standard InChI is InChI=1S/C8H19NO3/c1-4-12-7-8(5-10,6-11)9(2)3/h10-11H,4-7H2,1-3H3. The lowest BCUT2D eigenvalue weighted by atomic mass is 10.0. The van der Waals surface area contributed by atoms with Crippen molar-refractivity contribution in [2.75, 3.05) is 40.5 Å². The van der Waals surface area contributed by atoms with Crippen LogP contribution in [0, 0.1) is 0 Å². The molecule has 4 nitrogen and oxygen atoms in total. The van der Waals surface area contributed by atoms with Gasteiger partial charge in [0.2, 0.25) is 0 Å². The minimum absolute atomic E-state index is 0.101. The van der Waals surface area contributed by atoms with Gasteiger partial charge in [0.25, 0.3) is 0 Å². The Bertz CT molecular complexity index is 113. The van der Waals surface area contributed by atoms with E-state index in [-0.39, 0.29) is 13.2 Å². The number of aliphatic hydroxyl groups is 2. The van der Waals surface area contributed by atoms with Gasteiger partial charge in [0.1, 0.15) is 0 Å². The van der Waals surface area contributed by atoms with Gasteiger partial charge < -0.3 is 14.9 Å². The third kappa shape index (κ3) is 2.71. The van der Waals surface area contributed by atoms with Crippen LogP contribution in [-0.2, 0) is 4.74 Å². The van der Waals surface area contributed by atoms with Crippen LogP contribution in [0.25, 0.3) is 0 Å². The molecule has 0 unspecified atom stereocenters. The molecule has 74 valence electrons. The summed E-state index contributed by atoms with van der Waals surface area (Å²) in [6, 6.07) is 0. The first-order valence-corrected chi connectivity index (χ1v) is 4.10. The van der Waals surface area contributed by atoms with Crippen molar-refractivity contribution in [1.29, 1.82) is 0 Å². The van der Waals surface area contributed by atoms with Crippen molar-refractivity contribution in [1.82, 2.24) is 4.90 Å². The number of hydrogen-bond donors (Lipinski definition) is 2. The predicted molar refractivity (Wildman–Crippen MR) is 47.1 cm³/mol. The van der Waals surface area contributed by atoms with Crippen LogP contribution in [0.15, 0.2) is 0 Å². The molecule has 0 fully saturated rings. The van der Waals surface area contributed by atoms with E-state index in [9.17, 15) is 0 Å². The molecule has 4 heteroatoms. The fourth-order valence-corrected chi connectivity index (χ4v) is 0.845. The SMILES string of the molecule is CCOCC(CO)(CO)N(C)C. The van der Waals surface area contributed by atoms with Gasteiger partial charge in [-0.15, -0.1) is 0 Å². The lowest BCUT2D eigenvalue weighted by Crippen LogP contribution is -2.54. The molecular weight excluding hydrogens is 158 g/mol. The summed E-state index contributed by atoms with van der Waals surface area (Å²) in [5.74, 6) is 0. The summed E-state index contributed by atoms with van der Waals surface area (Å²) in [6.45, 7) is 2.63. The van der Waals surface area contributed by atoms with E-state index in [0.29, 0.717) is 13.2 Å². The first kappa shape index (κ1) is 11.8. The zero-order chi connectivity index (χ0) is 9.61. The van der Waals surface area contributed by atoms with E-state index in [1.807, 2.05) is 21.0 Å². The number of hydrogen-bond acceptors (Lipinski definition) is 4. The Labute approximate surface area is 73.8 Å². The number of rotatable bonds is 6. The van der Waals surface area contributed by atoms with Gasteiger partial charge in [0, 0.05) is 6.61 Å². The number of aliphatic hydroxyl groups excluding tert-OH is 2. The summed E-state index contributed by atoms with van der Waals surface area (Å²) < 4.78 is 5.18. The Morgan fingerprint density at radius 2 is 1.75 bits per heavy atom. The lowest BCUT2D eigenvalue weighted by Gasteiger charge is -2.36. The maximum atomic E-state index is 9.09. The summed E-state index contributed by atoms with van der Waals surface area (Å²) in [5, 5.41) is 18.2. The number of ether oxygens (including phenoxy) is 1. The van der Waals surface area contributed by atoms with Crippen LogP contribution in [-0.4, -0.2) is 61.2 Å². The fraction of sp³-hybridized carbons (Fsp3) is 1.00. The summed E-state index contributed by atoms with van der Waals surface area (Å²) in [5.41, 5.74) is -0.643. The van der Waals surface area contributed by atoms with Crippen molar-refractivity contribution >= 4 is 0 Å². The highest BCUT2D eigenvalue weighted by Crippen LogP contribution is 2.10. The molecule has 0 aliphatic heterocycles. The second kappa shape index (κ2) is 5.48. The number of likely N-dealkylation sites (N-methyl/N-ethyl adjacent to an activating group) is 1. The minimum atomic E-state index is -0.643. The second-order valence-electron chi connectivity index (χ2n) is 3.07. The summed E-state index contributed by atoms with van der Waals surface area (Å²) in [6.07, 6.45) is 0. The molecular formula is C8H19NO3. The third-order valence-electron chi connectivity index (χ3n) is 2.11. The first-order chi connectivity index (χ1) is 5.63. The van der Waals surface area contributed by atoms with Gasteiger partial charge in [-0.05, 0) is 21.0 Å². The van der Waals surface area contributed by atoms with Gasteiger partial charge in [-0.25, -0.2) is 0 Å². The van der Waals surface area contributed by atoms with Gasteiger partial charge in [-0.2, -0.15) is 0 Å². The Balaban J connectivity index is 4.15. The molecule has 0 radical (unpaired) electrons. The average molecular weight is 177 g/mol. The molecule has 0 saturated carbocycles. The van der Waals surface area contributed by atoms with Gasteiger partial charge in [-0.3, -0.25) is 4.90 Å². The molecule has 0 spiro atoms. The highest BCUT2D eigenvalue weighted by Gasteiger charge is 2.31. The van der Waals surface area contributed by atoms with Crippen LogP contribution in [0.5, 0.6) is 0 Å². The van der Waals surface area contributed by atoms with E-state index >= 15 is 0 Å². The maximum absolute atomic E-state index is 9.09. The topological polar surface area (TPSA) is 52.9 Å². The van der Waals surface area contributed by atoms with Crippen LogP contribution < -0.4 is 0 Å². The Hall–Kier alpha value is -0.160. The smallest absolute Gasteiger partial charge is 0.0904 e. The molecule has 0 saturated heterocycles. The first-order valence-electron chi connectivity index (χ1n) is 4.10. The second-order valence-corrected chi connectivity index (χ2v) is 3.07. The molecule has 0 heterocycles. The minimum Gasteiger partial charge on any atom is -0.394 e. The van der Waals surface area contributed by atoms with Crippen molar-refractivity contribution in [2.24, 2.45) is 0 Å². The molecule has 0 aromatic rings. The molecule has 0 amide bonds. The Morgan fingerprint density at radius 1 is 1.25 bits per heavy atom. The van der Waals surface area contributed by atoms with E-state index in [1.54, 1.807) is 4.90 Å². The molecule has 0 rings (SSSR count). The van der Waals surface area contributed by atoms with E-state index in [1.165, 1.54) is 0 Å². The largest absolute Gasteiger partial charge is 0.394 e. The molecule has 0 atom stereocenters. The van der Waals surface area contributed by atoms with Crippen LogP contribution >= 0.6 is 0 Å².